The van der Waals surface area contributed by atoms with E-state index in [4.69, 9.17) is 0 Å². The van der Waals surface area contributed by atoms with Crippen molar-refractivity contribution in [1.82, 2.24) is 15.0 Å². The molecule has 0 radical (unpaired) electrons. The number of anilines is 1. The molecule has 0 bridgehead atoms. The maximum absolute atomic E-state index is 12.4. The van der Waals surface area contributed by atoms with Crippen molar-refractivity contribution in [2.75, 3.05) is 12.4 Å². The molecule has 2 aromatic rings. The zero-order chi connectivity index (χ0) is 14.8. The summed E-state index contributed by atoms with van der Waals surface area (Å²) in [6, 6.07) is 2.30. The first kappa shape index (κ1) is 15.0. The van der Waals surface area contributed by atoms with Crippen LogP contribution in [-0.2, 0) is 6.18 Å². The van der Waals surface area contributed by atoms with E-state index in [1.807, 2.05) is 0 Å². The molecule has 20 heavy (non-hydrogen) atoms. The first-order chi connectivity index (χ1) is 9.40. The number of rotatable bonds is 3. The number of nitrogens with zero attached hydrogens (tertiary/aromatic N) is 3. The lowest BCUT2D eigenvalue weighted by molar-refractivity contribution is -0.137. The molecule has 0 aromatic carbocycles. The topological polar surface area (TPSA) is 50.7 Å². The fourth-order valence-electron chi connectivity index (χ4n) is 1.25. The van der Waals surface area contributed by atoms with Crippen molar-refractivity contribution in [3.63, 3.8) is 0 Å². The van der Waals surface area contributed by atoms with Crippen molar-refractivity contribution < 1.29 is 13.2 Å². The molecule has 1 N–H and O–H groups in total. The normalized spacial score (nSPS) is 11.4. The third kappa shape index (κ3) is 3.60. The van der Waals surface area contributed by atoms with Crippen molar-refractivity contribution in [3.8, 4) is 0 Å². The van der Waals surface area contributed by atoms with Gasteiger partial charge in [0.25, 0.3) is 0 Å². The Morgan fingerprint density at radius 2 is 1.95 bits per heavy atom. The lowest BCUT2D eigenvalue weighted by Crippen LogP contribution is -2.05. The van der Waals surface area contributed by atoms with E-state index in [2.05, 4.69) is 36.2 Å². The maximum atomic E-state index is 12.4. The van der Waals surface area contributed by atoms with Crippen LogP contribution in [-0.4, -0.2) is 22.0 Å². The highest BCUT2D eigenvalue weighted by Gasteiger charge is 2.30. The summed E-state index contributed by atoms with van der Waals surface area (Å²) in [6.07, 6.45) is -2.02. The molecule has 0 aliphatic heterocycles. The third-order valence-corrected chi connectivity index (χ3v) is 4.00. The Kier molecular flexibility index (Phi) is 4.48. The number of hydrogen-bond acceptors (Lipinski definition) is 5. The fourth-order valence-corrected chi connectivity index (χ4v) is 2.41. The molecule has 0 unspecified atom stereocenters. The van der Waals surface area contributed by atoms with Crippen molar-refractivity contribution in [3.05, 3.63) is 34.6 Å². The lowest BCUT2D eigenvalue weighted by Gasteiger charge is -2.07. The molecule has 106 valence electrons. The maximum Gasteiger partial charge on any atom is 0.417 e. The van der Waals surface area contributed by atoms with Gasteiger partial charge in [0.15, 0.2) is 0 Å². The van der Waals surface area contributed by atoms with Crippen molar-refractivity contribution in [1.29, 1.82) is 0 Å². The molecular weight excluding hydrogens is 357 g/mol. The summed E-state index contributed by atoms with van der Waals surface area (Å²) < 4.78 is 37.9. The lowest BCUT2D eigenvalue weighted by atomic mass is 10.3. The minimum Gasteiger partial charge on any atom is -0.357 e. The summed E-state index contributed by atoms with van der Waals surface area (Å²) in [7, 11) is 1.67. The highest BCUT2D eigenvalue weighted by atomic mass is 79.9. The van der Waals surface area contributed by atoms with Gasteiger partial charge >= 0.3 is 6.18 Å². The van der Waals surface area contributed by atoms with E-state index in [1.165, 1.54) is 6.07 Å². The SMILES string of the molecule is CNc1ncc(Br)c(Sc2ccc(C(F)(F)F)cn2)n1. The minimum atomic E-state index is -4.38. The zero-order valence-electron chi connectivity index (χ0n) is 10.1. The number of hydrogen-bond donors (Lipinski definition) is 1. The molecule has 0 aliphatic carbocycles. The average Bonchev–Trinajstić information content (AvgIpc) is 2.41. The second kappa shape index (κ2) is 5.96. The molecule has 0 aliphatic rings. The largest absolute Gasteiger partial charge is 0.417 e. The summed E-state index contributed by atoms with van der Waals surface area (Å²) in [5.41, 5.74) is -0.778. The Balaban J connectivity index is 2.22. The van der Waals surface area contributed by atoms with Crippen LogP contribution in [0.3, 0.4) is 0 Å². The Morgan fingerprint density at radius 1 is 1.20 bits per heavy atom. The molecule has 0 amide bonds. The van der Waals surface area contributed by atoms with Gasteiger partial charge in [0.1, 0.15) is 10.1 Å². The zero-order valence-corrected chi connectivity index (χ0v) is 12.5. The standard InChI is InChI=1S/C11H8BrF3N4S/c1-16-10-18-5-7(12)9(19-10)20-8-3-2-6(4-17-8)11(13,14)15/h2-5H,1H3,(H,16,18,19). The first-order valence-corrected chi connectivity index (χ1v) is 6.92. The molecule has 0 atom stereocenters. The Labute approximate surface area is 125 Å². The summed E-state index contributed by atoms with van der Waals surface area (Å²) in [4.78, 5) is 12.0. The smallest absolute Gasteiger partial charge is 0.357 e. The molecule has 0 saturated carbocycles. The number of halogens is 4. The highest BCUT2D eigenvalue weighted by molar-refractivity contribution is 9.10. The molecular formula is C11H8BrF3N4S. The third-order valence-electron chi connectivity index (χ3n) is 2.20. The minimum absolute atomic E-state index is 0.416. The van der Waals surface area contributed by atoms with Crippen molar-refractivity contribution in [2.45, 2.75) is 16.2 Å². The van der Waals surface area contributed by atoms with E-state index in [1.54, 1.807) is 13.2 Å². The van der Waals surface area contributed by atoms with Crippen LogP contribution in [0.25, 0.3) is 0 Å². The Morgan fingerprint density at radius 3 is 2.50 bits per heavy atom. The average molecular weight is 365 g/mol. The molecule has 2 aromatic heterocycles. The number of pyridine rings is 1. The summed E-state index contributed by atoms with van der Waals surface area (Å²) in [5.74, 6) is 0.419. The number of nitrogens with one attached hydrogen (secondary N) is 1. The first-order valence-electron chi connectivity index (χ1n) is 5.31. The molecule has 2 rings (SSSR count). The molecule has 0 fully saturated rings. The molecule has 2 heterocycles. The van der Waals surface area contributed by atoms with E-state index in [-0.39, 0.29) is 0 Å². The van der Waals surface area contributed by atoms with Gasteiger partial charge in [0, 0.05) is 19.4 Å². The van der Waals surface area contributed by atoms with Gasteiger partial charge in [-0.15, -0.1) is 0 Å². The fraction of sp³-hybridized carbons (Fsp3) is 0.182. The second-order valence-corrected chi connectivity index (χ2v) is 5.45. The quantitative estimate of drug-likeness (QED) is 0.838. The molecule has 0 spiro atoms. The summed E-state index contributed by atoms with van der Waals surface area (Å²) in [5, 5.41) is 3.77. The van der Waals surface area contributed by atoms with Crippen molar-refractivity contribution in [2.24, 2.45) is 0 Å². The van der Waals surface area contributed by atoms with Gasteiger partial charge in [-0.3, -0.25) is 0 Å². The second-order valence-electron chi connectivity index (χ2n) is 3.58. The summed E-state index contributed by atoms with van der Waals surface area (Å²) in [6.45, 7) is 0. The van der Waals surface area contributed by atoms with Gasteiger partial charge in [-0.25, -0.2) is 15.0 Å². The van der Waals surface area contributed by atoms with E-state index in [0.717, 1.165) is 24.0 Å². The van der Waals surface area contributed by atoms with Crippen LogP contribution in [0.4, 0.5) is 19.1 Å². The monoisotopic (exact) mass is 364 g/mol. The predicted molar refractivity (Wildman–Crippen MR) is 72.6 cm³/mol. The molecule has 0 saturated heterocycles. The van der Waals surface area contributed by atoms with E-state index >= 15 is 0 Å². The van der Waals surface area contributed by atoms with Crippen LogP contribution < -0.4 is 5.32 Å². The molecule has 4 nitrogen and oxygen atoms in total. The van der Waals surface area contributed by atoms with Gasteiger partial charge in [-0.05, 0) is 39.8 Å². The van der Waals surface area contributed by atoms with E-state index in [9.17, 15) is 13.2 Å². The van der Waals surface area contributed by atoms with Crippen LogP contribution in [0.5, 0.6) is 0 Å². The Hall–Kier alpha value is -1.35. The van der Waals surface area contributed by atoms with E-state index < -0.39 is 11.7 Å². The number of aromatic nitrogens is 3. The van der Waals surface area contributed by atoms with Crippen LogP contribution in [0.1, 0.15) is 5.56 Å². The van der Waals surface area contributed by atoms with Gasteiger partial charge in [0.05, 0.1) is 10.0 Å². The predicted octanol–water partition coefficient (Wildman–Crippen LogP) is 3.85. The summed E-state index contributed by atoms with van der Waals surface area (Å²) >= 11 is 4.43. The van der Waals surface area contributed by atoms with Crippen LogP contribution in [0.2, 0.25) is 0 Å². The number of alkyl halides is 3. The van der Waals surface area contributed by atoms with Crippen LogP contribution in [0.15, 0.2) is 39.1 Å². The van der Waals surface area contributed by atoms with Crippen LogP contribution >= 0.6 is 27.7 Å². The molecule has 9 heteroatoms. The Bertz CT molecular complexity index is 604. The highest BCUT2D eigenvalue weighted by Crippen LogP contribution is 2.33. The van der Waals surface area contributed by atoms with Gasteiger partial charge in [-0.2, -0.15) is 13.2 Å². The van der Waals surface area contributed by atoms with E-state index in [0.29, 0.717) is 20.5 Å². The van der Waals surface area contributed by atoms with Crippen LogP contribution in [0, 0.1) is 0 Å². The van der Waals surface area contributed by atoms with Gasteiger partial charge in [0.2, 0.25) is 5.95 Å². The van der Waals surface area contributed by atoms with Gasteiger partial charge in [-0.1, -0.05) is 0 Å². The van der Waals surface area contributed by atoms with Gasteiger partial charge < -0.3 is 5.32 Å². The van der Waals surface area contributed by atoms with Crippen molar-refractivity contribution >= 4 is 33.6 Å².